The minimum atomic E-state index is -0.681. The summed E-state index contributed by atoms with van der Waals surface area (Å²) in [7, 11) is 2.93. The predicted octanol–water partition coefficient (Wildman–Crippen LogP) is 2.05. The van der Waals surface area contributed by atoms with Gasteiger partial charge in [-0.15, -0.1) is 0 Å². The first-order chi connectivity index (χ1) is 12.3. The Bertz CT molecular complexity index is 1100. The van der Waals surface area contributed by atoms with Gasteiger partial charge in [-0.05, 0) is 26.0 Å². The molecule has 3 aromatic rings. The van der Waals surface area contributed by atoms with Crippen molar-refractivity contribution >= 4 is 39.2 Å². The molecule has 1 aromatic carbocycles. The zero-order chi connectivity index (χ0) is 19.0. The van der Waals surface area contributed by atoms with Crippen LogP contribution < -0.4 is 10.7 Å². The van der Waals surface area contributed by atoms with E-state index in [2.05, 4.69) is 20.1 Å². The first-order valence-corrected chi connectivity index (χ1v) is 8.48. The quantitative estimate of drug-likeness (QED) is 0.706. The molecule has 0 aliphatic carbocycles. The van der Waals surface area contributed by atoms with Gasteiger partial charge in [0, 0.05) is 7.05 Å². The summed E-state index contributed by atoms with van der Waals surface area (Å²) in [5.41, 5.74) is 1.28. The van der Waals surface area contributed by atoms with Crippen LogP contribution in [0.4, 0.5) is 5.13 Å². The van der Waals surface area contributed by atoms with Crippen LogP contribution in [0.25, 0.3) is 10.9 Å². The van der Waals surface area contributed by atoms with Crippen molar-refractivity contribution in [2.45, 2.75) is 13.8 Å². The summed E-state index contributed by atoms with van der Waals surface area (Å²) in [5.74, 6) is -1.21. The van der Waals surface area contributed by atoms with Crippen molar-refractivity contribution in [3.05, 3.63) is 50.3 Å². The molecule has 0 radical (unpaired) electrons. The molecule has 0 aliphatic rings. The number of rotatable bonds is 3. The average Bonchev–Trinajstić information content (AvgIpc) is 2.97. The number of ether oxygens (including phenoxy) is 1. The van der Waals surface area contributed by atoms with Gasteiger partial charge in [-0.25, -0.2) is 9.78 Å². The van der Waals surface area contributed by atoms with Gasteiger partial charge in [-0.3, -0.25) is 19.6 Å². The molecule has 0 saturated carbocycles. The number of benzene rings is 1. The maximum absolute atomic E-state index is 12.7. The second-order valence-electron chi connectivity index (χ2n) is 5.70. The molecule has 0 fully saturated rings. The van der Waals surface area contributed by atoms with E-state index in [1.165, 1.54) is 11.8 Å². The fourth-order valence-corrected chi connectivity index (χ4v) is 3.41. The number of esters is 1. The molecule has 134 valence electrons. The molecule has 0 aliphatic heterocycles. The monoisotopic (exact) mass is 372 g/mol. The predicted molar refractivity (Wildman–Crippen MR) is 97.9 cm³/mol. The van der Waals surface area contributed by atoms with E-state index >= 15 is 0 Å². The highest BCUT2D eigenvalue weighted by Crippen LogP contribution is 2.23. The Morgan fingerprint density at radius 1 is 1.27 bits per heavy atom. The van der Waals surface area contributed by atoms with Crippen molar-refractivity contribution in [1.82, 2.24) is 14.8 Å². The number of aromatic nitrogens is 3. The van der Waals surface area contributed by atoms with Crippen molar-refractivity contribution in [2.24, 2.45) is 7.05 Å². The molecule has 3 rings (SSSR count). The summed E-state index contributed by atoms with van der Waals surface area (Å²) < 4.78 is 6.15. The lowest BCUT2D eigenvalue weighted by Crippen LogP contribution is -2.26. The molecular weight excluding hydrogens is 356 g/mol. The van der Waals surface area contributed by atoms with E-state index in [4.69, 9.17) is 0 Å². The summed E-state index contributed by atoms with van der Waals surface area (Å²) in [6, 6.07) is 5.38. The second-order valence-corrected chi connectivity index (χ2v) is 6.70. The van der Waals surface area contributed by atoms with Crippen molar-refractivity contribution < 1.29 is 14.3 Å². The van der Waals surface area contributed by atoms with Crippen molar-refractivity contribution in [3.8, 4) is 0 Å². The Labute approximate surface area is 152 Å². The molecule has 8 nitrogen and oxygen atoms in total. The van der Waals surface area contributed by atoms with E-state index in [0.717, 1.165) is 16.9 Å². The lowest BCUT2D eigenvalue weighted by atomic mass is 10.1. The van der Waals surface area contributed by atoms with Crippen LogP contribution in [0, 0.1) is 13.8 Å². The zero-order valence-electron chi connectivity index (χ0n) is 14.6. The van der Waals surface area contributed by atoms with Gasteiger partial charge < -0.3 is 4.74 Å². The number of hydrogen-bond donors (Lipinski definition) is 1. The van der Waals surface area contributed by atoms with Crippen LogP contribution >= 0.6 is 11.3 Å². The molecule has 2 aromatic heterocycles. The largest absolute Gasteiger partial charge is 0.465 e. The highest BCUT2D eigenvalue weighted by Gasteiger charge is 2.21. The van der Waals surface area contributed by atoms with Gasteiger partial charge in [0.15, 0.2) is 10.8 Å². The van der Waals surface area contributed by atoms with Gasteiger partial charge in [0.2, 0.25) is 5.43 Å². The Morgan fingerprint density at radius 2 is 2.00 bits per heavy atom. The second kappa shape index (κ2) is 6.68. The molecule has 0 unspecified atom stereocenters. The van der Waals surface area contributed by atoms with Crippen LogP contribution in [0.2, 0.25) is 0 Å². The van der Waals surface area contributed by atoms with Gasteiger partial charge in [-0.1, -0.05) is 23.0 Å². The molecule has 26 heavy (non-hydrogen) atoms. The van der Waals surface area contributed by atoms with Crippen LogP contribution in [-0.2, 0) is 11.8 Å². The first kappa shape index (κ1) is 17.7. The number of methoxy groups -OCH3 is 1. The van der Waals surface area contributed by atoms with Crippen LogP contribution in [-0.4, -0.2) is 33.8 Å². The number of aryl methyl sites for hydroxylation is 3. The van der Waals surface area contributed by atoms with Gasteiger partial charge in [0.1, 0.15) is 4.88 Å². The van der Waals surface area contributed by atoms with E-state index in [0.29, 0.717) is 16.6 Å². The summed E-state index contributed by atoms with van der Waals surface area (Å²) in [6.45, 7) is 3.50. The molecule has 0 bridgehead atoms. The van der Waals surface area contributed by atoms with E-state index in [1.807, 2.05) is 13.0 Å². The van der Waals surface area contributed by atoms with Gasteiger partial charge in [0.25, 0.3) is 5.91 Å². The molecule has 1 amide bonds. The molecule has 1 N–H and O–H groups in total. The van der Waals surface area contributed by atoms with Crippen LogP contribution in [0.15, 0.2) is 23.0 Å². The topological polar surface area (TPSA) is 103 Å². The summed E-state index contributed by atoms with van der Waals surface area (Å²) in [5, 5.41) is 7.23. The fraction of sp³-hybridized carbons (Fsp3) is 0.235. The number of nitrogens with zero attached hydrogens (tertiary/aromatic N) is 3. The van der Waals surface area contributed by atoms with Gasteiger partial charge in [-0.2, -0.15) is 5.10 Å². The third-order valence-electron chi connectivity index (χ3n) is 3.81. The third-order valence-corrected chi connectivity index (χ3v) is 4.87. The summed E-state index contributed by atoms with van der Waals surface area (Å²) >= 11 is 0.977. The minimum absolute atomic E-state index is 0.195. The summed E-state index contributed by atoms with van der Waals surface area (Å²) in [4.78, 5) is 41.3. The molecular formula is C17H16N4O4S. The number of hydrogen-bond acceptors (Lipinski definition) is 7. The SMILES string of the molecule is COC(=O)c1sc(NC(=O)c2nn(C)c3ccc(C)cc3c2=O)nc1C. The van der Waals surface area contributed by atoms with E-state index in [9.17, 15) is 14.4 Å². The van der Waals surface area contributed by atoms with Crippen molar-refractivity contribution in [3.63, 3.8) is 0 Å². The number of carbonyl (C=O) groups is 2. The lowest BCUT2D eigenvalue weighted by molar-refractivity contribution is 0.0605. The highest BCUT2D eigenvalue weighted by molar-refractivity contribution is 7.17. The number of fused-ring (bicyclic) bond motifs is 1. The van der Waals surface area contributed by atoms with Crippen molar-refractivity contribution in [1.29, 1.82) is 0 Å². The standard InChI is InChI=1S/C17H16N4O4S/c1-8-5-6-11-10(7-8)13(22)12(20-21(11)3)15(23)19-17-18-9(2)14(26-17)16(24)25-4/h5-7H,1-4H3,(H,18,19,23). The number of thiazole rings is 1. The molecule has 0 spiro atoms. The maximum Gasteiger partial charge on any atom is 0.350 e. The van der Waals surface area contributed by atoms with Crippen LogP contribution in [0.3, 0.4) is 0 Å². The smallest absolute Gasteiger partial charge is 0.350 e. The molecule has 2 heterocycles. The lowest BCUT2D eigenvalue weighted by Gasteiger charge is -2.08. The normalized spacial score (nSPS) is 10.8. The number of anilines is 1. The van der Waals surface area contributed by atoms with Crippen molar-refractivity contribution in [2.75, 3.05) is 12.4 Å². The fourth-order valence-electron chi connectivity index (χ4n) is 2.53. The van der Waals surface area contributed by atoms with E-state index in [1.54, 1.807) is 26.1 Å². The van der Waals surface area contributed by atoms with Gasteiger partial charge in [0.05, 0.1) is 23.7 Å². The Kier molecular flexibility index (Phi) is 4.56. The Hall–Kier alpha value is -3.07. The molecule has 0 saturated heterocycles. The first-order valence-electron chi connectivity index (χ1n) is 7.66. The maximum atomic E-state index is 12.7. The van der Waals surface area contributed by atoms with E-state index < -0.39 is 17.3 Å². The molecule has 0 atom stereocenters. The Morgan fingerprint density at radius 3 is 2.69 bits per heavy atom. The summed E-state index contributed by atoms with van der Waals surface area (Å²) in [6.07, 6.45) is 0. The minimum Gasteiger partial charge on any atom is -0.465 e. The van der Waals surface area contributed by atoms with Gasteiger partial charge >= 0.3 is 5.97 Å². The Balaban J connectivity index is 2.00. The number of amides is 1. The molecule has 9 heteroatoms. The number of carbonyl (C=O) groups excluding carboxylic acids is 2. The zero-order valence-corrected chi connectivity index (χ0v) is 15.4. The van der Waals surface area contributed by atoms with Crippen LogP contribution in [0.1, 0.15) is 31.4 Å². The average molecular weight is 372 g/mol. The third kappa shape index (κ3) is 3.08. The van der Waals surface area contributed by atoms with E-state index in [-0.39, 0.29) is 15.7 Å². The van der Waals surface area contributed by atoms with Crippen LogP contribution in [0.5, 0.6) is 0 Å². The highest BCUT2D eigenvalue weighted by atomic mass is 32.1. The number of nitrogens with one attached hydrogen (secondary N) is 1.